The van der Waals surface area contributed by atoms with Crippen LogP contribution in [-0.4, -0.2) is 52.9 Å². The summed E-state index contributed by atoms with van der Waals surface area (Å²) < 4.78 is 1.08. The Morgan fingerprint density at radius 3 is 2.47 bits per heavy atom. The summed E-state index contributed by atoms with van der Waals surface area (Å²) in [5.74, 6) is -0.182. The van der Waals surface area contributed by atoms with Gasteiger partial charge in [0.2, 0.25) is 0 Å². The van der Waals surface area contributed by atoms with E-state index >= 15 is 0 Å². The number of amides is 1. The molecular weight excluding hydrogens is 418 g/mol. The van der Waals surface area contributed by atoms with Gasteiger partial charge < -0.3 is 4.90 Å². The van der Waals surface area contributed by atoms with Gasteiger partial charge in [0.1, 0.15) is 5.69 Å². The maximum absolute atomic E-state index is 13.4. The van der Waals surface area contributed by atoms with E-state index in [2.05, 4.69) is 40.8 Å². The molecule has 156 valence electrons. The maximum Gasteiger partial charge on any atom is 0.280 e. The van der Waals surface area contributed by atoms with E-state index in [-0.39, 0.29) is 18.3 Å². The lowest BCUT2D eigenvalue weighted by molar-refractivity contribution is 0.0980. The maximum atomic E-state index is 13.4. The predicted molar refractivity (Wildman–Crippen MR) is 126 cm³/mol. The minimum atomic E-state index is -0.182. The van der Waals surface area contributed by atoms with E-state index in [9.17, 15) is 4.79 Å². The van der Waals surface area contributed by atoms with E-state index in [4.69, 9.17) is 4.98 Å². The summed E-state index contributed by atoms with van der Waals surface area (Å²) in [7, 11) is 3.98. The molecule has 0 aliphatic carbocycles. The van der Waals surface area contributed by atoms with Crippen LogP contribution in [0.4, 0.5) is 5.13 Å². The van der Waals surface area contributed by atoms with Gasteiger partial charge in [0.15, 0.2) is 5.13 Å². The van der Waals surface area contributed by atoms with Crippen molar-refractivity contribution in [1.29, 1.82) is 0 Å². The second kappa shape index (κ2) is 9.04. The number of halogens is 1. The van der Waals surface area contributed by atoms with Crippen LogP contribution in [0.3, 0.4) is 0 Å². The largest absolute Gasteiger partial charge is 0.308 e. The number of carbonyl (C=O) groups excluding carboxylic acids is 1. The summed E-state index contributed by atoms with van der Waals surface area (Å²) in [6.07, 6.45) is 1.55. The van der Waals surface area contributed by atoms with E-state index < -0.39 is 0 Å². The zero-order valence-electron chi connectivity index (χ0n) is 17.4. The SMILES string of the molecule is Cc1ccc2sc(N(CCN(C)C)C(=O)c3cnc4ccccc4n3)nc2c1C.Cl. The number of thiazole rings is 1. The molecule has 0 spiro atoms. The van der Waals surface area contributed by atoms with Crippen molar-refractivity contribution in [2.45, 2.75) is 13.8 Å². The molecule has 2 heterocycles. The van der Waals surface area contributed by atoms with E-state index in [1.54, 1.807) is 11.1 Å². The fourth-order valence-electron chi connectivity index (χ4n) is 3.11. The zero-order valence-corrected chi connectivity index (χ0v) is 19.0. The number of benzene rings is 2. The number of hydrogen-bond donors (Lipinski definition) is 0. The van der Waals surface area contributed by atoms with Crippen LogP contribution in [0.1, 0.15) is 21.6 Å². The molecule has 0 atom stereocenters. The number of rotatable bonds is 5. The fourth-order valence-corrected chi connectivity index (χ4v) is 4.16. The average Bonchev–Trinajstić information content (AvgIpc) is 3.15. The predicted octanol–water partition coefficient (Wildman–Crippen LogP) is 4.49. The number of aromatic nitrogens is 3. The zero-order chi connectivity index (χ0) is 20.5. The van der Waals surface area contributed by atoms with Crippen LogP contribution in [-0.2, 0) is 0 Å². The van der Waals surface area contributed by atoms with Crippen LogP contribution in [0.25, 0.3) is 21.3 Å². The molecule has 4 rings (SSSR count). The van der Waals surface area contributed by atoms with Crippen molar-refractivity contribution >= 4 is 56.0 Å². The monoisotopic (exact) mass is 441 g/mol. The molecule has 0 saturated carbocycles. The molecule has 0 unspecified atom stereocenters. The number of anilines is 1. The highest BCUT2D eigenvalue weighted by atomic mass is 35.5. The second-order valence-electron chi connectivity index (χ2n) is 7.35. The Bertz CT molecular complexity index is 1210. The minimum absolute atomic E-state index is 0. The smallest absolute Gasteiger partial charge is 0.280 e. The van der Waals surface area contributed by atoms with E-state index in [1.807, 2.05) is 38.4 Å². The summed E-state index contributed by atoms with van der Waals surface area (Å²) in [6, 6.07) is 11.7. The summed E-state index contributed by atoms with van der Waals surface area (Å²) in [6.45, 7) is 5.40. The highest BCUT2D eigenvalue weighted by molar-refractivity contribution is 7.22. The summed E-state index contributed by atoms with van der Waals surface area (Å²) >= 11 is 1.53. The Balaban J connectivity index is 0.00000256. The van der Waals surface area contributed by atoms with Gasteiger partial charge in [-0.25, -0.2) is 9.97 Å². The molecule has 0 N–H and O–H groups in total. The van der Waals surface area contributed by atoms with Crippen LogP contribution in [0.15, 0.2) is 42.6 Å². The van der Waals surface area contributed by atoms with Gasteiger partial charge in [-0.1, -0.05) is 29.5 Å². The summed E-state index contributed by atoms with van der Waals surface area (Å²) in [5.41, 5.74) is 5.11. The third-order valence-electron chi connectivity index (χ3n) is 4.99. The van der Waals surface area contributed by atoms with Gasteiger partial charge in [-0.2, -0.15) is 0 Å². The molecule has 8 heteroatoms. The Morgan fingerprint density at radius 1 is 1.00 bits per heavy atom. The number of carbonyl (C=O) groups is 1. The van der Waals surface area contributed by atoms with Gasteiger partial charge in [0, 0.05) is 13.1 Å². The highest BCUT2D eigenvalue weighted by Gasteiger charge is 2.23. The summed E-state index contributed by atoms with van der Waals surface area (Å²) in [4.78, 5) is 30.9. The van der Waals surface area contributed by atoms with Gasteiger partial charge >= 0.3 is 0 Å². The lowest BCUT2D eigenvalue weighted by atomic mass is 10.1. The van der Waals surface area contributed by atoms with Crippen LogP contribution in [0.5, 0.6) is 0 Å². The van der Waals surface area contributed by atoms with Crippen molar-refractivity contribution in [3.63, 3.8) is 0 Å². The van der Waals surface area contributed by atoms with Crippen molar-refractivity contribution < 1.29 is 4.79 Å². The van der Waals surface area contributed by atoms with Gasteiger partial charge in [0.05, 0.1) is 27.4 Å². The van der Waals surface area contributed by atoms with Crippen molar-refractivity contribution in [2.75, 3.05) is 32.1 Å². The highest BCUT2D eigenvalue weighted by Crippen LogP contribution is 2.32. The molecule has 30 heavy (non-hydrogen) atoms. The van der Waals surface area contributed by atoms with Crippen molar-refractivity contribution in [3.05, 3.63) is 59.4 Å². The van der Waals surface area contributed by atoms with E-state index in [0.29, 0.717) is 22.9 Å². The fraction of sp³-hybridized carbons (Fsp3) is 0.273. The van der Waals surface area contributed by atoms with Crippen LogP contribution >= 0.6 is 23.7 Å². The molecule has 1 amide bonds. The van der Waals surface area contributed by atoms with Crippen LogP contribution < -0.4 is 4.90 Å². The van der Waals surface area contributed by atoms with E-state index in [0.717, 1.165) is 27.8 Å². The molecule has 0 saturated heterocycles. The molecule has 2 aromatic carbocycles. The van der Waals surface area contributed by atoms with E-state index in [1.165, 1.54) is 16.9 Å². The molecule has 4 aromatic rings. The topological polar surface area (TPSA) is 62.2 Å². The second-order valence-corrected chi connectivity index (χ2v) is 8.36. The third kappa shape index (κ3) is 4.28. The lowest BCUT2D eigenvalue weighted by Crippen LogP contribution is -2.37. The standard InChI is InChI=1S/C22H23N5OS.ClH/c1-14-9-10-19-20(15(14)2)25-22(29-19)27(12-11-26(3)4)21(28)18-13-23-16-7-5-6-8-17(16)24-18;/h5-10,13H,11-12H2,1-4H3;1H. The number of aryl methyl sites for hydroxylation is 2. The van der Waals surface area contributed by atoms with Crippen LogP contribution in [0.2, 0.25) is 0 Å². The van der Waals surface area contributed by atoms with Crippen molar-refractivity contribution in [3.8, 4) is 0 Å². The third-order valence-corrected chi connectivity index (χ3v) is 6.03. The Labute approximate surface area is 186 Å². The number of para-hydroxylation sites is 2. The average molecular weight is 442 g/mol. The van der Waals surface area contributed by atoms with Gasteiger partial charge in [-0.3, -0.25) is 14.7 Å². The first kappa shape index (κ1) is 22.1. The first-order chi connectivity index (χ1) is 13.9. The van der Waals surface area contributed by atoms with Crippen molar-refractivity contribution in [2.24, 2.45) is 0 Å². The van der Waals surface area contributed by atoms with Crippen LogP contribution in [0, 0.1) is 13.8 Å². The Kier molecular flexibility index (Phi) is 6.65. The molecule has 0 aliphatic rings. The Morgan fingerprint density at radius 2 is 1.73 bits per heavy atom. The van der Waals surface area contributed by atoms with Gasteiger partial charge in [-0.05, 0) is 57.3 Å². The molecule has 6 nitrogen and oxygen atoms in total. The lowest BCUT2D eigenvalue weighted by Gasteiger charge is -2.21. The molecule has 0 bridgehead atoms. The number of likely N-dealkylation sites (N-methyl/N-ethyl adjacent to an activating group) is 1. The molecular formula is C22H24ClN5OS. The Hall–Kier alpha value is -2.61. The van der Waals surface area contributed by atoms with Crippen molar-refractivity contribution in [1.82, 2.24) is 19.9 Å². The molecule has 0 aliphatic heterocycles. The first-order valence-electron chi connectivity index (χ1n) is 9.49. The molecule has 2 aromatic heterocycles. The number of hydrogen-bond acceptors (Lipinski definition) is 6. The van der Waals surface area contributed by atoms with Gasteiger partial charge in [-0.15, -0.1) is 12.4 Å². The number of nitrogens with zero attached hydrogens (tertiary/aromatic N) is 5. The van der Waals surface area contributed by atoms with Gasteiger partial charge in [0.25, 0.3) is 5.91 Å². The first-order valence-corrected chi connectivity index (χ1v) is 10.3. The quantitative estimate of drug-likeness (QED) is 0.456. The molecule has 0 radical (unpaired) electrons. The summed E-state index contributed by atoms with van der Waals surface area (Å²) in [5, 5.41) is 0.690. The number of fused-ring (bicyclic) bond motifs is 2. The normalized spacial score (nSPS) is 11.1. The molecule has 0 fully saturated rings. The minimum Gasteiger partial charge on any atom is -0.308 e.